The second kappa shape index (κ2) is 16.8. The van der Waals surface area contributed by atoms with E-state index >= 15 is 0 Å². The molecule has 0 spiro atoms. The maximum Gasteiger partial charge on any atom is 1.00 e. The maximum absolute atomic E-state index is 11.3. The van der Waals surface area contributed by atoms with Crippen LogP contribution >= 0.6 is 0 Å². The molecule has 0 amide bonds. The van der Waals surface area contributed by atoms with Gasteiger partial charge in [0.05, 0.1) is 0 Å². The fourth-order valence-electron chi connectivity index (χ4n) is 1.23. The summed E-state index contributed by atoms with van der Waals surface area (Å²) >= 11 is 0. The average Bonchev–Trinajstić information content (AvgIpc) is 2.29. The minimum absolute atomic E-state index is 0. The summed E-state index contributed by atoms with van der Waals surface area (Å²) in [6.45, 7) is 1.96. The van der Waals surface area contributed by atoms with Crippen molar-refractivity contribution in [2.24, 2.45) is 4.99 Å². The first kappa shape index (κ1) is 26.3. The molecular weight excluding hydrogens is 316 g/mol. The first-order valence-electron chi connectivity index (χ1n) is 5.78. The van der Waals surface area contributed by atoms with E-state index in [9.17, 15) is 19.8 Å². The molecule has 0 fully saturated rings. The normalized spacial score (nSPS) is 12.3. The van der Waals surface area contributed by atoms with Crippen LogP contribution in [0.1, 0.15) is 39.0 Å². The zero-order valence-electron chi connectivity index (χ0n) is 12.3. The van der Waals surface area contributed by atoms with Gasteiger partial charge in [-0.25, -0.2) is 4.79 Å². The number of aliphatic carboxylic acids is 2. The molecule has 0 aliphatic rings. The van der Waals surface area contributed by atoms with Crippen LogP contribution in [0.5, 0.6) is 0 Å². The Morgan fingerprint density at radius 3 is 2.25 bits per heavy atom. The number of carbonyl (C=O) groups is 2. The van der Waals surface area contributed by atoms with Crippen molar-refractivity contribution >= 4 is 17.8 Å². The Morgan fingerprint density at radius 2 is 1.80 bits per heavy atom. The van der Waals surface area contributed by atoms with Crippen LogP contribution in [0.25, 0.3) is 0 Å². The van der Waals surface area contributed by atoms with Crippen molar-refractivity contribution in [3.63, 3.8) is 0 Å². The van der Waals surface area contributed by atoms with Crippen molar-refractivity contribution in [1.82, 2.24) is 0 Å². The van der Waals surface area contributed by atoms with Gasteiger partial charge >= 0.3 is 109 Å². The molecule has 0 aliphatic heterocycles. The van der Waals surface area contributed by atoms with Crippen molar-refractivity contribution in [1.29, 1.82) is 0 Å². The summed E-state index contributed by atoms with van der Waals surface area (Å²) in [4.78, 5) is 24.4. The van der Waals surface area contributed by atoms with E-state index in [1.807, 2.05) is 19.1 Å². The van der Waals surface area contributed by atoms with Crippen molar-refractivity contribution < 1.29 is 128 Å². The number of allylic oxidation sites excluding steroid dienone is 2. The van der Waals surface area contributed by atoms with Crippen LogP contribution in [0, 0.1) is 0 Å². The van der Waals surface area contributed by atoms with Crippen molar-refractivity contribution in [2.75, 3.05) is 0 Å². The second-order valence-electron chi connectivity index (χ2n) is 3.71. The largest absolute Gasteiger partial charge is 1.00 e. The molecule has 0 heterocycles. The van der Waals surface area contributed by atoms with Gasteiger partial charge in [0.15, 0.2) is 0 Å². The quantitative estimate of drug-likeness (QED) is 0.195. The molecule has 1 atom stereocenters. The molecule has 0 aromatic heterocycles. The predicted molar refractivity (Wildman–Crippen MR) is 61.8 cm³/mol. The van der Waals surface area contributed by atoms with E-state index in [2.05, 4.69) is 4.99 Å². The van der Waals surface area contributed by atoms with E-state index in [1.165, 1.54) is 0 Å². The molecule has 0 saturated heterocycles. The van der Waals surface area contributed by atoms with E-state index in [1.54, 1.807) is 0 Å². The molecule has 0 radical (unpaired) electrons. The Balaban J connectivity index is -0.00000144. The smallest absolute Gasteiger partial charge is 0.862 e. The third-order valence-electron chi connectivity index (χ3n) is 2.13. The summed E-state index contributed by atoms with van der Waals surface area (Å²) in [5, 5.41) is 30.3. The minimum atomic E-state index is -1.35. The molecule has 0 bridgehead atoms. The Kier molecular flexibility index (Phi) is 22.1. The van der Waals surface area contributed by atoms with Gasteiger partial charge in [-0.1, -0.05) is 19.1 Å². The fourth-order valence-corrected chi connectivity index (χ4v) is 1.23. The topological polar surface area (TPSA) is 113 Å². The SMILES string of the molecule is CC/C=C/CCC([O-])=N[C@@H](CCC(=O)[O-])C(=O)O.[K+].[K+]. The van der Waals surface area contributed by atoms with E-state index in [0.717, 1.165) is 6.42 Å². The standard InChI is InChI=1S/C12H19NO5.2K/c1-2-3-4-5-6-10(14)13-9(12(17)18)7-8-11(15)16;;/h3-4,9H,2,5-8H2,1H3,(H,13,14)(H,15,16)(H,17,18);;/q;2*+1/p-2/b4-3+;;/t9-;;/m0../s1. The first-order chi connectivity index (χ1) is 8.47. The maximum atomic E-state index is 11.3. The first-order valence-corrected chi connectivity index (χ1v) is 5.78. The van der Waals surface area contributed by atoms with Crippen LogP contribution < -0.4 is 113 Å². The number of hydrogen-bond donors (Lipinski definition) is 1. The number of carbonyl (C=O) groups excluding carboxylic acids is 1. The van der Waals surface area contributed by atoms with Gasteiger partial charge in [0.25, 0.3) is 0 Å². The Bertz CT molecular complexity index is 345. The monoisotopic (exact) mass is 333 g/mol. The van der Waals surface area contributed by atoms with E-state index in [0.29, 0.717) is 6.42 Å². The van der Waals surface area contributed by atoms with Crippen LogP contribution in [-0.2, 0) is 9.59 Å². The van der Waals surface area contributed by atoms with Gasteiger partial charge in [-0.3, -0.25) is 4.99 Å². The van der Waals surface area contributed by atoms with Crippen LogP contribution in [0.3, 0.4) is 0 Å². The van der Waals surface area contributed by atoms with Crippen LogP contribution in [-0.4, -0.2) is 29.0 Å². The van der Waals surface area contributed by atoms with Gasteiger partial charge in [-0.2, -0.15) is 0 Å². The molecule has 0 aliphatic carbocycles. The van der Waals surface area contributed by atoms with E-state index < -0.39 is 30.3 Å². The summed E-state index contributed by atoms with van der Waals surface area (Å²) < 4.78 is 0. The number of rotatable bonds is 9. The molecule has 8 heteroatoms. The number of carboxylic acid groups (broad SMARTS) is 2. The molecule has 0 rings (SSSR count). The van der Waals surface area contributed by atoms with Gasteiger partial charge < -0.3 is 20.1 Å². The Morgan fingerprint density at radius 1 is 1.20 bits per heavy atom. The molecule has 0 aromatic carbocycles. The summed E-state index contributed by atoms with van der Waals surface area (Å²) in [5.41, 5.74) is 0. The molecule has 102 valence electrons. The molecule has 6 nitrogen and oxygen atoms in total. The van der Waals surface area contributed by atoms with Crippen molar-refractivity contribution in [3.8, 4) is 0 Å². The fraction of sp³-hybridized carbons (Fsp3) is 0.583. The minimum Gasteiger partial charge on any atom is -0.862 e. The zero-order chi connectivity index (χ0) is 14.0. The number of aliphatic imine (C=N–C) groups is 1. The van der Waals surface area contributed by atoms with Crippen LogP contribution in [0.4, 0.5) is 0 Å². The van der Waals surface area contributed by atoms with Gasteiger partial charge in [0.1, 0.15) is 6.04 Å². The van der Waals surface area contributed by atoms with Crippen molar-refractivity contribution in [2.45, 2.75) is 45.1 Å². The Hall–Kier alpha value is 1.42. The Labute approximate surface area is 204 Å². The number of hydrogen-bond acceptors (Lipinski definition) is 5. The van der Waals surface area contributed by atoms with Crippen molar-refractivity contribution in [3.05, 3.63) is 12.2 Å². The third-order valence-corrected chi connectivity index (χ3v) is 2.13. The van der Waals surface area contributed by atoms with Crippen LogP contribution in [0.2, 0.25) is 0 Å². The van der Waals surface area contributed by atoms with Gasteiger partial charge in [0.2, 0.25) is 0 Å². The molecule has 0 saturated carbocycles. The summed E-state index contributed by atoms with van der Waals surface area (Å²) in [5.74, 6) is -3.18. The summed E-state index contributed by atoms with van der Waals surface area (Å²) in [6.07, 6.45) is 4.57. The molecule has 20 heavy (non-hydrogen) atoms. The molecular formula is C12H17K2NO5. The molecule has 1 N–H and O–H groups in total. The van der Waals surface area contributed by atoms with E-state index in [-0.39, 0.29) is 116 Å². The van der Waals surface area contributed by atoms with Gasteiger partial charge in [-0.05, 0) is 38.0 Å². The zero-order valence-corrected chi connectivity index (χ0v) is 18.5. The van der Waals surface area contributed by atoms with Crippen LogP contribution in [0.15, 0.2) is 17.1 Å². The number of nitrogens with zero attached hydrogens (tertiary/aromatic N) is 1. The third kappa shape index (κ3) is 15.8. The number of carboxylic acids is 2. The summed E-state index contributed by atoms with van der Waals surface area (Å²) in [6, 6.07) is -1.30. The summed E-state index contributed by atoms with van der Waals surface area (Å²) in [7, 11) is 0. The van der Waals surface area contributed by atoms with Gasteiger partial charge in [-0.15, -0.1) is 0 Å². The molecule has 0 unspecified atom stereocenters. The van der Waals surface area contributed by atoms with E-state index in [4.69, 9.17) is 5.11 Å². The average molecular weight is 333 g/mol. The van der Waals surface area contributed by atoms with Gasteiger partial charge in [0, 0.05) is 5.97 Å². The molecule has 0 aromatic rings. The predicted octanol–water partition coefficient (Wildman–Crippen LogP) is -6.52. The second-order valence-corrected chi connectivity index (χ2v) is 3.71.